The Balaban J connectivity index is 1.86. The molecular formula is C23H18O8S. The fraction of sp³-hybridized carbons (Fsp3) is 0.0870. The summed E-state index contributed by atoms with van der Waals surface area (Å²) in [6, 6.07) is 14.7. The van der Waals surface area contributed by atoms with Crippen LogP contribution in [0.2, 0.25) is 0 Å². The van der Waals surface area contributed by atoms with Crippen LogP contribution in [-0.2, 0) is 10.1 Å². The van der Waals surface area contributed by atoms with E-state index in [2.05, 4.69) is 0 Å². The first-order valence-corrected chi connectivity index (χ1v) is 10.8. The van der Waals surface area contributed by atoms with Gasteiger partial charge in [-0.3, -0.25) is 4.79 Å². The van der Waals surface area contributed by atoms with E-state index in [1.807, 2.05) is 0 Å². The number of fused-ring (bicyclic) bond motifs is 1. The number of rotatable bonds is 5. The third-order valence-electron chi connectivity index (χ3n) is 4.80. The molecule has 0 saturated carbocycles. The Morgan fingerprint density at radius 1 is 0.938 bits per heavy atom. The number of methoxy groups -OCH3 is 1. The van der Waals surface area contributed by atoms with Crippen molar-refractivity contribution in [2.24, 2.45) is 0 Å². The SMILES string of the molecule is COc1ccc(-c2cc(=O)c3c(OS(=O)(=O)c4ccc(C)cc4)c(O)c(O)cc3o2)cc1. The highest BCUT2D eigenvalue weighted by Crippen LogP contribution is 2.42. The standard InChI is InChI=1S/C23H18O8S/c1-13-3-9-16(10-4-13)32(27,28)31-23-21-17(24)11-19(14-5-7-15(29-2)8-6-14)30-20(21)12-18(25)22(23)26/h3-12,25-26H,1-2H3. The monoisotopic (exact) mass is 454 g/mol. The van der Waals surface area contributed by atoms with Crippen LogP contribution in [0.1, 0.15) is 5.56 Å². The van der Waals surface area contributed by atoms with Gasteiger partial charge >= 0.3 is 10.1 Å². The first-order valence-electron chi connectivity index (χ1n) is 9.38. The molecule has 0 aliphatic carbocycles. The first kappa shape index (κ1) is 21.3. The van der Waals surface area contributed by atoms with Crippen LogP contribution < -0.4 is 14.3 Å². The fourth-order valence-electron chi connectivity index (χ4n) is 3.11. The summed E-state index contributed by atoms with van der Waals surface area (Å²) in [7, 11) is -2.89. The molecule has 0 bridgehead atoms. The van der Waals surface area contributed by atoms with Gasteiger partial charge in [0.15, 0.2) is 11.2 Å². The molecule has 32 heavy (non-hydrogen) atoms. The molecule has 4 aromatic rings. The van der Waals surface area contributed by atoms with Crippen LogP contribution in [-0.4, -0.2) is 25.7 Å². The Morgan fingerprint density at radius 2 is 1.59 bits per heavy atom. The number of hydrogen-bond acceptors (Lipinski definition) is 8. The number of aryl methyl sites for hydroxylation is 1. The van der Waals surface area contributed by atoms with Gasteiger partial charge < -0.3 is 23.6 Å². The molecule has 0 aliphatic rings. The molecule has 1 aromatic heterocycles. The number of phenolic OH excluding ortho intramolecular Hbond substituents is 2. The molecule has 164 valence electrons. The molecule has 0 amide bonds. The third kappa shape index (κ3) is 3.85. The van der Waals surface area contributed by atoms with Gasteiger partial charge in [-0.25, -0.2) is 0 Å². The van der Waals surface area contributed by atoms with Gasteiger partial charge in [-0.05, 0) is 43.3 Å². The molecule has 0 saturated heterocycles. The zero-order valence-electron chi connectivity index (χ0n) is 17.0. The maximum Gasteiger partial charge on any atom is 0.339 e. The lowest BCUT2D eigenvalue weighted by molar-refractivity contribution is 0.384. The molecule has 1 heterocycles. The fourth-order valence-corrected chi connectivity index (χ4v) is 4.05. The molecule has 0 fully saturated rings. The largest absolute Gasteiger partial charge is 0.504 e. The van der Waals surface area contributed by atoms with E-state index >= 15 is 0 Å². The van der Waals surface area contributed by atoms with E-state index in [4.69, 9.17) is 13.3 Å². The second-order valence-corrected chi connectivity index (χ2v) is 8.55. The topological polar surface area (TPSA) is 123 Å². The Bertz CT molecular complexity index is 1470. The number of benzene rings is 3. The first-order chi connectivity index (χ1) is 15.2. The molecule has 3 aromatic carbocycles. The highest BCUT2D eigenvalue weighted by atomic mass is 32.2. The number of aromatic hydroxyl groups is 2. The van der Waals surface area contributed by atoms with Gasteiger partial charge in [0.1, 0.15) is 27.4 Å². The molecule has 0 spiro atoms. The van der Waals surface area contributed by atoms with Crippen molar-refractivity contribution in [1.29, 1.82) is 0 Å². The summed E-state index contributed by atoms with van der Waals surface area (Å²) in [6.45, 7) is 1.79. The van der Waals surface area contributed by atoms with Crippen LogP contribution in [0.4, 0.5) is 0 Å². The molecule has 0 atom stereocenters. The highest BCUT2D eigenvalue weighted by Gasteiger charge is 2.25. The number of hydrogen-bond donors (Lipinski definition) is 2. The zero-order chi connectivity index (χ0) is 23.0. The Kier molecular flexibility index (Phi) is 5.27. The van der Waals surface area contributed by atoms with Gasteiger partial charge in [-0.15, -0.1) is 0 Å². The van der Waals surface area contributed by atoms with E-state index < -0.39 is 32.8 Å². The predicted octanol–water partition coefficient (Wildman–Crippen LogP) is 3.96. The summed E-state index contributed by atoms with van der Waals surface area (Å²) < 4.78 is 41.4. The average molecular weight is 454 g/mol. The van der Waals surface area contributed by atoms with Crippen LogP contribution in [0, 0.1) is 6.92 Å². The minimum Gasteiger partial charge on any atom is -0.504 e. The summed E-state index contributed by atoms with van der Waals surface area (Å²) >= 11 is 0. The maximum absolute atomic E-state index is 12.9. The summed E-state index contributed by atoms with van der Waals surface area (Å²) in [4.78, 5) is 12.7. The van der Waals surface area contributed by atoms with E-state index in [1.54, 1.807) is 43.3 Å². The van der Waals surface area contributed by atoms with Gasteiger partial charge in [0.2, 0.25) is 11.5 Å². The maximum atomic E-state index is 12.9. The lowest BCUT2D eigenvalue weighted by Crippen LogP contribution is -2.12. The molecule has 2 N–H and O–H groups in total. The molecule has 0 unspecified atom stereocenters. The zero-order valence-corrected chi connectivity index (χ0v) is 17.8. The van der Waals surface area contributed by atoms with Gasteiger partial charge in [-0.1, -0.05) is 17.7 Å². The lowest BCUT2D eigenvalue weighted by atomic mass is 10.1. The van der Waals surface area contributed by atoms with Crippen molar-refractivity contribution in [3.63, 3.8) is 0 Å². The van der Waals surface area contributed by atoms with Crippen LogP contribution in [0.5, 0.6) is 23.0 Å². The summed E-state index contributed by atoms with van der Waals surface area (Å²) in [5.74, 6) is -1.53. The minimum atomic E-state index is -4.41. The van der Waals surface area contributed by atoms with E-state index in [0.717, 1.165) is 17.7 Å². The van der Waals surface area contributed by atoms with Crippen molar-refractivity contribution < 1.29 is 32.0 Å². The summed E-state index contributed by atoms with van der Waals surface area (Å²) in [5.41, 5.74) is 0.558. The Morgan fingerprint density at radius 3 is 2.22 bits per heavy atom. The summed E-state index contributed by atoms with van der Waals surface area (Å²) in [6.07, 6.45) is 0. The van der Waals surface area contributed by atoms with Gasteiger partial charge in [0.05, 0.1) is 7.11 Å². The van der Waals surface area contributed by atoms with Gasteiger partial charge in [-0.2, -0.15) is 8.42 Å². The lowest BCUT2D eigenvalue weighted by Gasteiger charge is -2.12. The molecular weight excluding hydrogens is 436 g/mol. The molecule has 0 aliphatic heterocycles. The molecule has 8 nitrogen and oxygen atoms in total. The second-order valence-electron chi connectivity index (χ2n) is 7.00. The normalized spacial score (nSPS) is 11.4. The van der Waals surface area contributed by atoms with Crippen molar-refractivity contribution >= 4 is 21.1 Å². The van der Waals surface area contributed by atoms with E-state index in [0.29, 0.717) is 11.3 Å². The Hall–Kier alpha value is -3.98. The summed E-state index contributed by atoms with van der Waals surface area (Å²) in [5, 5.41) is 20.1. The van der Waals surface area contributed by atoms with Crippen molar-refractivity contribution in [1.82, 2.24) is 0 Å². The van der Waals surface area contributed by atoms with Crippen molar-refractivity contribution in [2.45, 2.75) is 11.8 Å². The minimum absolute atomic E-state index is 0.160. The molecule has 4 rings (SSSR count). The predicted molar refractivity (Wildman–Crippen MR) is 117 cm³/mol. The quantitative estimate of drug-likeness (QED) is 0.343. The van der Waals surface area contributed by atoms with Gasteiger partial charge in [0.25, 0.3) is 0 Å². The van der Waals surface area contributed by atoms with Crippen molar-refractivity contribution in [2.75, 3.05) is 7.11 Å². The Labute approximate surface area is 183 Å². The molecule has 0 radical (unpaired) electrons. The van der Waals surface area contributed by atoms with Crippen molar-refractivity contribution in [3.8, 4) is 34.3 Å². The van der Waals surface area contributed by atoms with Crippen LogP contribution in [0.3, 0.4) is 0 Å². The van der Waals surface area contributed by atoms with E-state index in [1.165, 1.54) is 19.2 Å². The number of phenols is 2. The van der Waals surface area contributed by atoms with E-state index in [9.17, 15) is 23.4 Å². The third-order valence-corrected chi connectivity index (χ3v) is 6.04. The van der Waals surface area contributed by atoms with Crippen LogP contribution in [0.25, 0.3) is 22.3 Å². The number of ether oxygens (including phenoxy) is 1. The van der Waals surface area contributed by atoms with Gasteiger partial charge in [0, 0.05) is 17.7 Å². The highest BCUT2D eigenvalue weighted by molar-refractivity contribution is 7.87. The van der Waals surface area contributed by atoms with Crippen molar-refractivity contribution in [3.05, 3.63) is 76.5 Å². The molecule has 9 heteroatoms. The second kappa shape index (κ2) is 7.93. The van der Waals surface area contributed by atoms with Crippen LogP contribution in [0.15, 0.2) is 74.8 Å². The smallest absolute Gasteiger partial charge is 0.339 e. The van der Waals surface area contributed by atoms with Crippen LogP contribution >= 0.6 is 0 Å². The van der Waals surface area contributed by atoms with E-state index in [-0.39, 0.29) is 21.6 Å². The average Bonchev–Trinajstić information content (AvgIpc) is 2.77.